The number of hydrogen-bond acceptors (Lipinski definition) is 3. The van der Waals surface area contributed by atoms with Crippen molar-refractivity contribution in [3.63, 3.8) is 0 Å². The SMILES string of the molecule is CN(C)CNC(=O)C1CCCN1. The maximum atomic E-state index is 11.3. The molecule has 0 aromatic heterocycles. The highest BCUT2D eigenvalue weighted by atomic mass is 16.2. The van der Waals surface area contributed by atoms with Crippen molar-refractivity contribution in [2.75, 3.05) is 27.3 Å². The van der Waals surface area contributed by atoms with Crippen LogP contribution in [0.3, 0.4) is 0 Å². The van der Waals surface area contributed by atoms with Gasteiger partial charge < -0.3 is 10.6 Å². The molecule has 0 aliphatic carbocycles. The van der Waals surface area contributed by atoms with Gasteiger partial charge in [-0.15, -0.1) is 0 Å². The van der Waals surface area contributed by atoms with Gasteiger partial charge >= 0.3 is 0 Å². The van der Waals surface area contributed by atoms with Gasteiger partial charge in [-0.1, -0.05) is 0 Å². The molecule has 0 radical (unpaired) electrons. The molecular weight excluding hydrogens is 154 g/mol. The van der Waals surface area contributed by atoms with E-state index < -0.39 is 0 Å². The van der Waals surface area contributed by atoms with Crippen molar-refractivity contribution in [2.24, 2.45) is 0 Å². The summed E-state index contributed by atoms with van der Waals surface area (Å²) in [4.78, 5) is 13.3. The van der Waals surface area contributed by atoms with Crippen molar-refractivity contribution in [3.05, 3.63) is 0 Å². The van der Waals surface area contributed by atoms with Crippen LogP contribution < -0.4 is 10.6 Å². The lowest BCUT2D eigenvalue weighted by Crippen LogP contribution is -2.43. The van der Waals surface area contributed by atoms with Crippen molar-refractivity contribution in [3.8, 4) is 0 Å². The van der Waals surface area contributed by atoms with Crippen LogP contribution in [0.4, 0.5) is 0 Å². The molecule has 1 atom stereocenters. The van der Waals surface area contributed by atoms with E-state index in [1.54, 1.807) is 0 Å². The minimum atomic E-state index is 0.0462. The molecule has 4 heteroatoms. The molecule has 1 rings (SSSR count). The van der Waals surface area contributed by atoms with E-state index in [0.717, 1.165) is 19.4 Å². The van der Waals surface area contributed by atoms with Crippen LogP contribution in [0.25, 0.3) is 0 Å². The molecule has 0 bridgehead atoms. The van der Waals surface area contributed by atoms with Gasteiger partial charge in [-0.3, -0.25) is 9.69 Å². The zero-order chi connectivity index (χ0) is 8.97. The molecule has 0 aromatic carbocycles. The zero-order valence-electron chi connectivity index (χ0n) is 7.76. The van der Waals surface area contributed by atoms with E-state index in [1.807, 2.05) is 19.0 Å². The number of amides is 1. The fourth-order valence-corrected chi connectivity index (χ4v) is 1.27. The van der Waals surface area contributed by atoms with Crippen LogP contribution >= 0.6 is 0 Å². The van der Waals surface area contributed by atoms with Gasteiger partial charge in [0.15, 0.2) is 0 Å². The van der Waals surface area contributed by atoms with Crippen LogP contribution in [0, 0.1) is 0 Å². The van der Waals surface area contributed by atoms with Gasteiger partial charge in [-0.25, -0.2) is 0 Å². The number of nitrogens with zero attached hydrogens (tertiary/aromatic N) is 1. The monoisotopic (exact) mass is 171 g/mol. The topological polar surface area (TPSA) is 44.4 Å². The quantitative estimate of drug-likeness (QED) is 0.556. The third-order valence-corrected chi connectivity index (χ3v) is 1.95. The molecule has 0 saturated carbocycles. The number of rotatable bonds is 3. The van der Waals surface area contributed by atoms with E-state index in [2.05, 4.69) is 10.6 Å². The van der Waals surface area contributed by atoms with Gasteiger partial charge in [0.1, 0.15) is 0 Å². The van der Waals surface area contributed by atoms with Gasteiger partial charge in [0.05, 0.1) is 12.7 Å². The van der Waals surface area contributed by atoms with E-state index >= 15 is 0 Å². The molecule has 1 fully saturated rings. The second-order valence-corrected chi connectivity index (χ2v) is 3.43. The molecule has 0 spiro atoms. The van der Waals surface area contributed by atoms with Crippen molar-refractivity contribution >= 4 is 5.91 Å². The summed E-state index contributed by atoms with van der Waals surface area (Å²) < 4.78 is 0. The molecule has 1 aliphatic heterocycles. The first-order valence-corrected chi connectivity index (χ1v) is 4.36. The molecule has 0 aromatic rings. The number of hydrogen-bond donors (Lipinski definition) is 2. The third kappa shape index (κ3) is 2.79. The van der Waals surface area contributed by atoms with Crippen LogP contribution in [0.15, 0.2) is 0 Å². The summed E-state index contributed by atoms with van der Waals surface area (Å²) >= 11 is 0. The summed E-state index contributed by atoms with van der Waals surface area (Å²) in [7, 11) is 3.87. The standard InChI is InChI=1S/C8H17N3O/c1-11(2)6-10-8(12)7-4-3-5-9-7/h7,9H,3-6H2,1-2H3,(H,10,12). The summed E-state index contributed by atoms with van der Waals surface area (Å²) in [5.41, 5.74) is 0. The van der Waals surface area contributed by atoms with E-state index in [4.69, 9.17) is 0 Å². The molecule has 70 valence electrons. The molecule has 2 N–H and O–H groups in total. The van der Waals surface area contributed by atoms with Crippen molar-refractivity contribution in [1.82, 2.24) is 15.5 Å². The zero-order valence-corrected chi connectivity index (χ0v) is 7.76. The fraction of sp³-hybridized carbons (Fsp3) is 0.875. The Morgan fingerprint density at radius 3 is 2.92 bits per heavy atom. The number of carbonyl (C=O) groups excluding carboxylic acids is 1. The Labute approximate surface area is 73.3 Å². The first-order chi connectivity index (χ1) is 5.70. The van der Waals surface area contributed by atoms with Crippen molar-refractivity contribution in [2.45, 2.75) is 18.9 Å². The van der Waals surface area contributed by atoms with E-state index in [0.29, 0.717) is 6.67 Å². The Balaban J connectivity index is 2.18. The van der Waals surface area contributed by atoms with Crippen LogP contribution in [-0.4, -0.2) is 44.2 Å². The molecule has 1 unspecified atom stereocenters. The average molecular weight is 171 g/mol. The van der Waals surface area contributed by atoms with Gasteiger partial charge in [0.2, 0.25) is 5.91 Å². The predicted octanol–water partition coefficient (Wildman–Crippen LogP) is -0.626. The Bertz CT molecular complexity index is 152. The smallest absolute Gasteiger partial charge is 0.238 e. The number of nitrogens with one attached hydrogen (secondary N) is 2. The molecule has 4 nitrogen and oxygen atoms in total. The maximum Gasteiger partial charge on any atom is 0.238 e. The normalized spacial score (nSPS) is 23.1. The second-order valence-electron chi connectivity index (χ2n) is 3.43. The minimum absolute atomic E-state index is 0.0462. The maximum absolute atomic E-state index is 11.3. The predicted molar refractivity (Wildman–Crippen MR) is 47.7 cm³/mol. The highest BCUT2D eigenvalue weighted by Gasteiger charge is 2.21. The third-order valence-electron chi connectivity index (χ3n) is 1.95. The molecule has 1 amide bonds. The highest BCUT2D eigenvalue weighted by Crippen LogP contribution is 2.03. The van der Waals surface area contributed by atoms with E-state index in [1.165, 1.54) is 0 Å². The first kappa shape index (κ1) is 9.48. The Morgan fingerprint density at radius 1 is 1.67 bits per heavy atom. The largest absolute Gasteiger partial charge is 0.342 e. The lowest BCUT2D eigenvalue weighted by atomic mass is 10.2. The van der Waals surface area contributed by atoms with Crippen LogP contribution in [0.1, 0.15) is 12.8 Å². The van der Waals surface area contributed by atoms with Gasteiger partial charge in [-0.2, -0.15) is 0 Å². The summed E-state index contributed by atoms with van der Waals surface area (Å²) in [6.45, 7) is 1.59. The summed E-state index contributed by atoms with van der Waals surface area (Å²) in [5, 5.41) is 6.00. The van der Waals surface area contributed by atoms with Crippen LogP contribution in [-0.2, 0) is 4.79 Å². The lowest BCUT2D eigenvalue weighted by molar-refractivity contribution is -0.123. The highest BCUT2D eigenvalue weighted by molar-refractivity contribution is 5.81. The van der Waals surface area contributed by atoms with Gasteiger partial charge in [0, 0.05) is 0 Å². The average Bonchev–Trinajstić information content (AvgIpc) is 2.51. The molecule has 1 heterocycles. The van der Waals surface area contributed by atoms with Gasteiger partial charge in [-0.05, 0) is 33.5 Å². The summed E-state index contributed by atoms with van der Waals surface area (Å²) in [6.07, 6.45) is 2.08. The van der Waals surface area contributed by atoms with Crippen molar-refractivity contribution in [1.29, 1.82) is 0 Å². The Kier molecular flexibility index (Phi) is 3.49. The molecule has 12 heavy (non-hydrogen) atoms. The second kappa shape index (κ2) is 4.42. The lowest BCUT2D eigenvalue weighted by Gasteiger charge is -2.14. The first-order valence-electron chi connectivity index (χ1n) is 4.36. The number of carbonyl (C=O) groups is 1. The molecule has 1 aliphatic rings. The summed E-state index contributed by atoms with van der Waals surface area (Å²) in [6, 6.07) is 0.0462. The van der Waals surface area contributed by atoms with Crippen LogP contribution in [0.5, 0.6) is 0 Å². The van der Waals surface area contributed by atoms with Gasteiger partial charge in [0.25, 0.3) is 0 Å². The minimum Gasteiger partial charge on any atom is -0.342 e. The van der Waals surface area contributed by atoms with Crippen LogP contribution in [0.2, 0.25) is 0 Å². The Hall–Kier alpha value is -0.610. The van der Waals surface area contributed by atoms with E-state index in [9.17, 15) is 4.79 Å². The fourth-order valence-electron chi connectivity index (χ4n) is 1.27. The Morgan fingerprint density at radius 2 is 2.42 bits per heavy atom. The van der Waals surface area contributed by atoms with Crippen molar-refractivity contribution < 1.29 is 4.79 Å². The molecule has 1 saturated heterocycles. The summed E-state index contributed by atoms with van der Waals surface area (Å²) in [5.74, 6) is 0.126. The van der Waals surface area contributed by atoms with E-state index in [-0.39, 0.29) is 11.9 Å². The molecular formula is C8H17N3O.